The van der Waals surface area contributed by atoms with Crippen LogP contribution in [0.2, 0.25) is 0 Å². The Morgan fingerprint density at radius 1 is 1.12 bits per heavy atom. The van der Waals surface area contributed by atoms with Gasteiger partial charge in [-0.1, -0.05) is 45.4 Å². The van der Waals surface area contributed by atoms with Crippen LogP contribution >= 0.6 is 0 Å². The minimum absolute atomic E-state index is 0.121. The van der Waals surface area contributed by atoms with Crippen molar-refractivity contribution in [3.8, 4) is 0 Å². The summed E-state index contributed by atoms with van der Waals surface area (Å²) in [5, 5.41) is 1.18. The van der Waals surface area contributed by atoms with Gasteiger partial charge in [-0.2, -0.15) is 0 Å². The lowest BCUT2D eigenvalue weighted by atomic mass is 9.80. The number of piperidine rings is 1. The summed E-state index contributed by atoms with van der Waals surface area (Å²) in [5.41, 5.74) is 2.54. The standard InChI is InChI=1S/C21H30N2O/c1-16-15-20(24)23(18-10-6-5-9-17(16)18)14-13-22-12-8-7-11-19(22)21(2,3)4/h5-6,9-10,15,19H,7-8,11-14H2,1-4H3. The minimum atomic E-state index is 0.121. The average Bonchev–Trinajstić information content (AvgIpc) is 2.54. The summed E-state index contributed by atoms with van der Waals surface area (Å²) >= 11 is 0. The van der Waals surface area contributed by atoms with E-state index in [-0.39, 0.29) is 5.56 Å². The summed E-state index contributed by atoms with van der Waals surface area (Å²) in [4.78, 5) is 15.2. The normalized spacial score (nSPS) is 19.8. The first-order valence-corrected chi connectivity index (χ1v) is 9.21. The molecule has 24 heavy (non-hydrogen) atoms. The van der Waals surface area contributed by atoms with Crippen LogP contribution in [0.5, 0.6) is 0 Å². The molecular formula is C21H30N2O. The Kier molecular flexibility index (Phi) is 4.82. The molecule has 1 saturated heterocycles. The fraction of sp³-hybridized carbons (Fsp3) is 0.571. The Bertz CT molecular complexity index is 769. The second-order valence-corrected chi connectivity index (χ2v) is 8.25. The van der Waals surface area contributed by atoms with E-state index >= 15 is 0 Å². The van der Waals surface area contributed by atoms with Crippen LogP contribution in [0.4, 0.5) is 0 Å². The third kappa shape index (κ3) is 3.41. The van der Waals surface area contributed by atoms with E-state index in [0.29, 0.717) is 11.5 Å². The second kappa shape index (κ2) is 6.72. The van der Waals surface area contributed by atoms with Crippen molar-refractivity contribution in [2.75, 3.05) is 13.1 Å². The van der Waals surface area contributed by atoms with Gasteiger partial charge >= 0.3 is 0 Å². The molecule has 0 bridgehead atoms. The molecule has 130 valence electrons. The minimum Gasteiger partial charge on any atom is -0.307 e. The van der Waals surface area contributed by atoms with Crippen LogP contribution in [0.3, 0.4) is 0 Å². The number of hydrogen-bond acceptors (Lipinski definition) is 2. The first kappa shape index (κ1) is 17.2. The van der Waals surface area contributed by atoms with E-state index in [1.165, 1.54) is 24.6 Å². The lowest BCUT2D eigenvalue weighted by Gasteiger charge is -2.43. The molecular weight excluding hydrogens is 296 g/mol. The van der Waals surface area contributed by atoms with Gasteiger partial charge in [0.2, 0.25) is 0 Å². The Labute approximate surface area is 145 Å². The number of likely N-dealkylation sites (tertiary alicyclic amines) is 1. The summed E-state index contributed by atoms with van der Waals surface area (Å²) in [5.74, 6) is 0. The number of nitrogens with zero attached hydrogens (tertiary/aromatic N) is 2. The Balaban J connectivity index is 1.87. The molecule has 2 heterocycles. The van der Waals surface area contributed by atoms with Gasteiger partial charge in [-0.15, -0.1) is 0 Å². The molecule has 1 aliphatic heterocycles. The van der Waals surface area contributed by atoms with Crippen molar-refractivity contribution in [3.63, 3.8) is 0 Å². The molecule has 3 heteroatoms. The van der Waals surface area contributed by atoms with Crippen LogP contribution in [0.1, 0.15) is 45.6 Å². The molecule has 1 aromatic carbocycles. The zero-order chi connectivity index (χ0) is 17.3. The van der Waals surface area contributed by atoms with Crippen LogP contribution in [0.25, 0.3) is 10.9 Å². The first-order valence-electron chi connectivity index (χ1n) is 9.21. The molecule has 0 amide bonds. The van der Waals surface area contributed by atoms with Crippen LogP contribution < -0.4 is 5.56 Å². The number of aryl methyl sites for hydroxylation is 1. The fourth-order valence-corrected chi connectivity index (χ4v) is 4.20. The monoisotopic (exact) mass is 326 g/mol. The molecule has 1 fully saturated rings. The van der Waals surface area contributed by atoms with E-state index in [0.717, 1.165) is 30.7 Å². The van der Waals surface area contributed by atoms with Crippen molar-refractivity contribution in [2.45, 2.75) is 59.5 Å². The highest BCUT2D eigenvalue weighted by atomic mass is 16.1. The van der Waals surface area contributed by atoms with Gasteiger partial charge in [0.1, 0.15) is 0 Å². The average molecular weight is 326 g/mol. The quantitative estimate of drug-likeness (QED) is 0.844. The Morgan fingerprint density at radius 2 is 1.88 bits per heavy atom. The highest BCUT2D eigenvalue weighted by molar-refractivity contribution is 5.82. The summed E-state index contributed by atoms with van der Waals surface area (Å²) < 4.78 is 1.96. The van der Waals surface area contributed by atoms with E-state index in [2.05, 4.69) is 37.8 Å². The molecule has 3 nitrogen and oxygen atoms in total. The Morgan fingerprint density at radius 3 is 2.62 bits per heavy atom. The third-order valence-electron chi connectivity index (χ3n) is 5.45. The maximum Gasteiger partial charge on any atom is 0.251 e. The number of aromatic nitrogens is 1. The van der Waals surface area contributed by atoms with Crippen molar-refractivity contribution >= 4 is 10.9 Å². The largest absolute Gasteiger partial charge is 0.307 e. The predicted octanol–water partition coefficient (Wildman–Crippen LogP) is 4.21. The van der Waals surface area contributed by atoms with Gasteiger partial charge in [0.05, 0.1) is 5.52 Å². The molecule has 1 aromatic heterocycles. The molecule has 0 saturated carbocycles. The predicted molar refractivity (Wildman–Crippen MR) is 102 cm³/mol. The van der Waals surface area contributed by atoms with Gasteiger partial charge in [-0.05, 0) is 43.4 Å². The molecule has 1 atom stereocenters. The van der Waals surface area contributed by atoms with Crippen LogP contribution in [0.15, 0.2) is 35.1 Å². The smallest absolute Gasteiger partial charge is 0.251 e. The highest BCUT2D eigenvalue weighted by Crippen LogP contribution is 2.31. The van der Waals surface area contributed by atoms with Gasteiger partial charge in [-0.25, -0.2) is 0 Å². The van der Waals surface area contributed by atoms with Crippen molar-refractivity contribution < 1.29 is 0 Å². The maximum absolute atomic E-state index is 12.5. The fourth-order valence-electron chi connectivity index (χ4n) is 4.20. The number of hydrogen-bond donors (Lipinski definition) is 0. The SMILES string of the molecule is Cc1cc(=O)n(CCN2CCCCC2C(C)(C)C)c2ccccc12. The summed E-state index contributed by atoms with van der Waals surface area (Å²) in [6.07, 6.45) is 3.87. The number of rotatable bonds is 3. The highest BCUT2D eigenvalue weighted by Gasteiger charge is 2.31. The molecule has 2 aromatic rings. The first-order chi connectivity index (χ1) is 11.4. The van der Waals surface area contributed by atoms with Crippen LogP contribution in [0, 0.1) is 12.3 Å². The number of pyridine rings is 1. The zero-order valence-electron chi connectivity index (χ0n) is 15.5. The summed E-state index contributed by atoms with van der Waals surface area (Å²) in [6.45, 7) is 11.9. The van der Waals surface area contributed by atoms with E-state index in [9.17, 15) is 4.79 Å². The molecule has 0 aliphatic carbocycles. The molecule has 1 unspecified atom stereocenters. The van der Waals surface area contributed by atoms with E-state index in [1.807, 2.05) is 23.6 Å². The zero-order valence-corrected chi connectivity index (χ0v) is 15.5. The summed E-state index contributed by atoms with van der Waals surface area (Å²) in [6, 6.07) is 10.6. The van der Waals surface area contributed by atoms with Crippen LogP contribution in [-0.2, 0) is 6.54 Å². The van der Waals surface area contributed by atoms with E-state index in [4.69, 9.17) is 0 Å². The van der Waals surface area contributed by atoms with Gasteiger partial charge in [-0.3, -0.25) is 9.69 Å². The second-order valence-electron chi connectivity index (χ2n) is 8.25. The van der Waals surface area contributed by atoms with E-state index in [1.54, 1.807) is 6.07 Å². The third-order valence-corrected chi connectivity index (χ3v) is 5.45. The number of para-hydroxylation sites is 1. The topological polar surface area (TPSA) is 25.2 Å². The summed E-state index contributed by atoms with van der Waals surface area (Å²) in [7, 11) is 0. The van der Waals surface area contributed by atoms with Crippen LogP contribution in [-0.4, -0.2) is 28.6 Å². The van der Waals surface area contributed by atoms with Crippen molar-refractivity contribution in [1.82, 2.24) is 9.47 Å². The van der Waals surface area contributed by atoms with Gasteiger partial charge in [0.25, 0.3) is 5.56 Å². The van der Waals surface area contributed by atoms with Gasteiger partial charge < -0.3 is 4.57 Å². The van der Waals surface area contributed by atoms with Gasteiger partial charge in [0, 0.05) is 30.6 Å². The van der Waals surface area contributed by atoms with E-state index < -0.39 is 0 Å². The number of fused-ring (bicyclic) bond motifs is 1. The lowest BCUT2D eigenvalue weighted by Crippen LogP contribution is -2.48. The molecule has 0 radical (unpaired) electrons. The van der Waals surface area contributed by atoms with Gasteiger partial charge in [0.15, 0.2) is 0 Å². The maximum atomic E-state index is 12.5. The molecule has 0 spiro atoms. The van der Waals surface area contributed by atoms with Crippen molar-refractivity contribution in [3.05, 3.63) is 46.2 Å². The van der Waals surface area contributed by atoms with Crippen molar-refractivity contribution in [2.24, 2.45) is 5.41 Å². The molecule has 3 rings (SSSR count). The number of benzene rings is 1. The molecule has 0 N–H and O–H groups in total. The van der Waals surface area contributed by atoms with Crippen molar-refractivity contribution in [1.29, 1.82) is 0 Å². The lowest BCUT2D eigenvalue weighted by molar-refractivity contribution is 0.0610. The Hall–Kier alpha value is -1.61. The molecule has 1 aliphatic rings.